The Morgan fingerprint density at radius 1 is 0.905 bits per heavy atom. The lowest BCUT2D eigenvalue weighted by Gasteiger charge is -2.09. The molecule has 0 radical (unpaired) electrons. The minimum Gasteiger partial charge on any atom is -0.390 e. The van der Waals surface area contributed by atoms with Gasteiger partial charge in [-0.05, 0) is 6.42 Å². The Balaban J connectivity index is 3.19. The molecule has 1 unspecified atom stereocenters. The lowest BCUT2D eigenvalue weighted by molar-refractivity contribution is 0.0453. The summed E-state index contributed by atoms with van der Waals surface area (Å²) in [6.45, 7) is 2.71. The molecule has 0 aliphatic rings. The number of ether oxygens (including phenoxy) is 1. The topological polar surface area (TPSA) is 83.8 Å². The van der Waals surface area contributed by atoms with Gasteiger partial charge in [0.2, 0.25) is 0 Å². The third-order valence-electron chi connectivity index (χ3n) is 3.36. The van der Waals surface area contributed by atoms with E-state index in [0.717, 1.165) is 12.8 Å². The molecule has 0 heterocycles. The third kappa shape index (κ3) is 17.8. The van der Waals surface area contributed by atoms with E-state index in [0.29, 0.717) is 6.61 Å². The van der Waals surface area contributed by atoms with Crippen LogP contribution < -0.4 is 0 Å². The predicted octanol–water partition coefficient (Wildman–Crippen LogP) is 3.17. The Kier molecular flexibility index (Phi) is 13.4. The molecule has 2 N–H and O–H groups in total. The molecule has 0 saturated carbocycles. The van der Waals surface area contributed by atoms with Gasteiger partial charge in [0.25, 0.3) is 10.1 Å². The maximum Gasteiger partial charge on any atom is 0.267 e. The number of hydrogen-bond donors (Lipinski definition) is 2. The van der Waals surface area contributed by atoms with E-state index in [2.05, 4.69) is 6.92 Å². The van der Waals surface area contributed by atoms with Gasteiger partial charge in [0.15, 0.2) is 0 Å². The maximum absolute atomic E-state index is 10.5. The summed E-state index contributed by atoms with van der Waals surface area (Å²) in [4.78, 5) is 0. The number of aliphatic hydroxyl groups excluding tert-OH is 1. The molecule has 0 aliphatic heterocycles. The van der Waals surface area contributed by atoms with Crippen molar-refractivity contribution in [2.45, 2.75) is 77.2 Å². The molecular weight excluding hydrogens is 292 g/mol. The summed E-state index contributed by atoms with van der Waals surface area (Å²) < 4.78 is 34.7. The van der Waals surface area contributed by atoms with Gasteiger partial charge in [-0.3, -0.25) is 4.55 Å². The van der Waals surface area contributed by atoms with Gasteiger partial charge in [0.1, 0.15) is 5.75 Å². The average molecular weight is 324 g/mol. The van der Waals surface area contributed by atoms with Crippen LogP contribution in [-0.4, -0.2) is 43.1 Å². The molecule has 0 saturated heterocycles. The number of aliphatic hydroxyl groups is 1. The first kappa shape index (κ1) is 20.8. The molecule has 0 aromatic rings. The number of rotatable bonds is 15. The van der Waals surface area contributed by atoms with Crippen LogP contribution in [0.15, 0.2) is 0 Å². The molecule has 21 heavy (non-hydrogen) atoms. The molecule has 0 rings (SSSR count). The van der Waals surface area contributed by atoms with Crippen molar-refractivity contribution < 1.29 is 22.8 Å². The molecule has 6 heteroatoms. The molecule has 1 atom stereocenters. The van der Waals surface area contributed by atoms with Crippen LogP contribution in [0.5, 0.6) is 0 Å². The second-order valence-electron chi connectivity index (χ2n) is 5.66. The Labute approximate surface area is 129 Å². The second kappa shape index (κ2) is 13.5. The highest BCUT2D eigenvalue weighted by molar-refractivity contribution is 7.85. The molecule has 128 valence electrons. The van der Waals surface area contributed by atoms with E-state index in [-0.39, 0.29) is 6.61 Å². The fraction of sp³-hybridized carbons (Fsp3) is 1.00. The first-order valence-corrected chi connectivity index (χ1v) is 9.77. The summed E-state index contributed by atoms with van der Waals surface area (Å²) in [7, 11) is -4.12. The molecule has 0 aromatic carbocycles. The van der Waals surface area contributed by atoms with E-state index >= 15 is 0 Å². The number of hydrogen-bond acceptors (Lipinski definition) is 4. The maximum atomic E-state index is 10.5. The third-order valence-corrected chi connectivity index (χ3v) is 4.16. The smallest absolute Gasteiger partial charge is 0.267 e. The van der Waals surface area contributed by atoms with Crippen molar-refractivity contribution in [1.29, 1.82) is 0 Å². The summed E-state index contributed by atoms with van der Waals surface area (Å²) in [5, 5.41) is 9.28. The van der Waals surface area contributed by atoms with Gasteiger partial charge < -0.3 is 9.84 Å². The molecule has 0 aromatic heterocycles. The van der Waals surface area contributed by atoms with Gasteiger partial charge in [0, 0.05) is 6.61 Å². The minimum atomic E-state index is -4.12. The van der Waals surface area contributed by atoms with Crippen molar-refractivity contribution in [1.82, 2.24) is 0 Å². The fourth-order valence-corrected chi connectivity index (χ4v) is 2.78. The molecule has 0 aliphatic carbocycles. The average Bonchev–Trinajstić information content (AvgIpc) is 2.38. The lowest BCUT2D eigenvalue weighted by atomic mass is 10.1. The van der Waals surface area contributed by atoms with Crippen LogP contribution in [0, 0.1) is 0 Å². The summed E-state index contributed by atoms with van der Waals surface area (Å²) in [5.41, 5.74) is 0. The largest absolute Gasteiger partial charge is 0.390 e. The van der Waals surface area contributed by atoms with E-state index in [1.54, 1.807) is 0 Å². The van der Waals surface area contributed by atoms with Crippen LogP contribution >= 0.6 is 0 Å². The Morgan fingerprint density at radius 3 is 1.86 bits per heavy atom. The molecule has 0 bridgehead atoms. The zero-order valence-electron chi connectivity index (χ0n) is 13.3. The molecule has 0 amide bonds. The van der Waals surface area contributed by atoms with Crippen molar-refractivity contribution in [2.75, 3.05) is 19.0 Å². The van der Waals surface area contributed by atoms with Crippen molar-refractivity contribution in [3.63, 3.8) is 0 Å². The zero-order chi connectivity index (χ0) is 16.0. The molecule has 5 nitrogen and oxygen atoms in total. The molecular formula is C15H32O5S. The summed E-state index contributed by atoms with van der Waals surface area (Å²) in [6.07, 6.45) is 11.3. The van der Waals surface area contributed by atoms with E-state index < -0.39 is 22.0 Å². The summed E-state index contributed by atoms with van der Waals surface area (Å²) in [5.74, 6) is -0.662. The number of unbranched alkanes of at least 4 members (excludes halogenated alkanes) is 9. The first-order valence-electron chi connectivity index (χ1n) is 8.16. The van der Waals surface area contributed by atoms with Crippen molar-refractivity contribution in [2.24, 2.45) is 0 Å². The first-order chi connectivity index (χ1) is 9.95. The van der Waals surface area contributed by atoms with E-state index in [1.807, 2.05) is 0 Å². The SMILES string of the molecule is CCCCCCCCCCCCOCC(O)CS(=O)(=O)O. The minimum absolute atomic E-state index is 0.0444. The highest BCUT2D eigenvalue weighted by Crippen LogP contribution is 2.10. The van der Waals surface area contributed by atoms with Gasteiger partial charge in [-0.1, -0.05) is 64.7 Å². The van der Waals surface area contributed by atoms with Crippen LogP contribution in [0.4, 0.5) is 0 Å². The highest BCUT2D eigenvalue weighted by Gasteiger charge is 2.13. The van der Waals surface area contributed by atoms with Crippen molar-refractivity contribution >= 4 is 10.1 Å². The Bertz CT molecular complexity index is 316. The van der Waals surface area contributed by atoms with Gasteiger partial charge in [-0.2, -0.15) is 8.42 Å². The van der Waals surface area contributed by atoms with E-state index in [1.165, 1.54) is 51.4 Å². The summed E-state index contributed by atoms with van der Waals surface area (Å²) in [6, 6.07) is 0. The van der Waals surface area contributed by atoms with E-state index in [4.69, 9.17) is 9.29 Å². The summed E-state index contributed by atoms with van der Waals surface area (Å²) >= 11 is 0. The second-order valence-corrected chi connectivity index (χ2v) is 7.16. The molecule has 0 spiro atoms. The monoisotopic (exact) mass is 324 g/mol. The van der Waals surface area contributed by atoms with Crippen molar-refractivity contribution in [3.05, 3.63) is 0 Å². The predicted molar refractivity (Wildman–Crippen MR) is 85.1 cm³/mol. The Morgan fingerprint density at radius 2 is 1.38 bits per heavy atom. The van der Waals surface area contributed by atoms with Gasteiger partial charge in [-0.15, -0.1) is 0 Å². The standard InChI is InChI=1S/C15H32O5S/c1-2-3-4-5-6-7-8-9-10-11-12-20-13-15(16)14-21(17,18)19/h15-16H,2-14H2,1H3,(H,17,18,19). The van der Waals surface area contributed by atoms with Crippen LogP contribution in [0.1, 0.15) is 71.1 Å². The van der Waals surface area contributed by atoms with Gasteiger partial charge in [-0.25, -0.2) is 0 Å². The lowest BCUT2D eigenvalue weighted by Crippen LogP contribution is -2.25. The highest BCUT2D eigenvalue weighted by atomic mass is 32.2. The van der Waals surface area contributed by atoms with Crippen molar-refractivity contribution in [3.8, 4) is 0 Å². The Hall–Kier alpha value is -0.170. The van der Waals surface area contributed by atoms with Crippen LogP contribution in [0.2, 0.25) is 0 Å². The fourth-order valence-electron chi connectivity index (χ4n) is 2.20. The molecule has 0 fully saturated rings. The van der Waals surface area contributed by atoms with Crippen LogP contribution in [0.3, 0.4) is 0 Å². The zero-order valence-corrected chi connectivity index (χ0v) is 14.1. The quantitative estimate of drug-likeness (QED) is 0.357. The van der Waals surface area contributed by atoms with Gasteiger partial charge >= 0.3 is 0 Å². The van der Waals surface area contributed by atoms with E-state index in [9.17, 15) is 13.5 Å². The normalized spacial score (nSPS) is 13.5. The van der Waals surface area contributed by atoms with Gasteiger partial charge in [0.05, 0.1) is 12.7 Å². The van der Waals surface area contributed by atoms with Crippen LogP contribution in [0.25, 0.3) is 0 Å². The van der Waals surface area contributed by atoms with Crippen LogP contribution in [-0.2, 0) is 14.9 Å².